The minimum absolute atomic E-state index is 0.0290. The summed E-state index contributed by atoms with van der Waals surface area (Å²) in [5.74, 6) is -6.89. The van der Waals surface area contributed by atoms with E-state index in [1.54, 1.807) is 0 Å². The van der Waals surface area contributed by atoms with E-state index in [2.05, 4.69) is 0 Å². The smallest absolute Gasteiger partial charge is 0.200 e. The van der Waals surface area contributed by atoms with Crippen LogP contribution in [0.15, 0.2) is 0 Å². The minimum atomic E-state index is -2.08. The zero-order valence-electron chi connectivity index (χ0n) is 11.7. The van der Waals surface area contributed by atoms with Crippen LogP contribution in [0.25, 0.3) is 0 Å². The van der Waals surface area contributed by atoms with Crippen molar-refractivity contribution in [3.8, 4) is 0 Å². The number of hydrogen-bond donors (Lipinski definition) is 0. The van der Waals surface area contributed by atoms with Gasteiger partial charge in [-0.3, -0.25) is 0 Å². The first-order chi connectivity index (χ1) is 11.0. The van der Waals surface area contributed by atoms with Gasteiger partial charge in [0.05, 0.1) is 11.7 Å². The zero-order valence-corrected chi connectivity index (χ0v) is 11.7. The Balaban J connectivity index is 1.57. The lowest BCUT2D eigenvalue weighted by Crippen LogP contribution is -2.48. The van der Waals surface area contributed by atoms with Crippen LogP contribution in [-0.4, -0.2) is 6.10 Å². The van der Waals surface area contributed by atoms with E-state index in [1.165, 1.54) is 0 Å². The molecule has 7 fully saturated rings. The Kier molecular flexibility index (Phi) is 1.62. The standard InChI is InChI=1S/C17H11F5O/c18-11-10(12(19)14(21)15(22)13(11)20)17-8-3-1-2-4-5(3)9(17)7(4)16(23-17)6(2)8/h2-9,16H,1H2. The summed E-state index contributed by atoms with van der Waals surface area (Å²) < 4.78 is 76.1. The Morgan fingerprint density at radius 1 is 0.696 bits per heavy atom. The highest BCUT2D eigenvalue weighted by molar-refractivity contribution is 5.46. The van der Waals surface area contributed by atoms with Crippen molar-refractivity contribution in [2.45, 2.75) is 18.1 Å². The Labute approximate surface area is 127 Å². The fourth-order valence-electron chi connectivity index (χ4n) is 8.35. The van der Waals surface area contributed by atoms with Crippen LogP contribution in [0.2, 0.25) is 0 Å². The summed E-state index contributed by atoms with van der Waals surface area (Å²) in [5.41, 5.74) is -1.94. The highest BCUT2D eigenvalue weighted by Gasteiger charge is 2.93. The second-order valence-electron chi connectivity index (χ2n) is 8.24. The molecule has 0 N–H and O–H groups in total. The molecule has 2 aliphatic heterocycles. The topological polar surface area (TPSA) is 9.23 Å². The lowest BCUT2D eigenvalue weighted by Gasteiger charge is -2.46. The molecule has 2 heterocycles. The van der Waals surface area contributed by atoms with Gasteiger partial charge >= 0.3 is 0 Å². The maximum Gasteiger partial charge on any atom is 0.200 e. The fraction of sp³-hybridized carbons (Fsp3) is 0.647. The van der Waals surface area contributed by atoms with Crippen molar-refractivity contribution in [3.05, 3.63) is 34.6 Å². The molecule has 0 radical (unpaired) electrons. The summed E-state index contributed by atoms with van der Waals surface area (Å²) in [6.07, 6.45) is 1.02. The molecule has 1 aromatic rings. The van der Waals surface area contributed by atoms with E-state index in [0.717, 1.165) is 6.42 Å². The van der Waals surface area contributed by atoms with Crippen LogP contribution in [0.4, 0.5) is 22.0 Å². The van der Waals surface area contributed by atoms with Crippen LogP contribution in [0.5, 0.6) is 0 Å². The molecule has 0 aromatic heterocycles. The predicted molar refractivity (Wildman–Crippen MR) is 65.3 cm³/mol. The number of benzene rings is 1. The van der Waals surface area contributed by atoms with Crippen LogP contribution >= 0.6 is 0 Å². The molecule has 0 amide bonds. The molecule has 10 atom stereocenters. The molecule has 10 unspecified atom stereocenters. The van der Waals surface area contributed by atoms with Gasteiger partial charge in [-0.1, -0.05) is 0 Å². The molecule has 1 nitrogen and oxygen atoms in total. The number of halogens is 5. The van der Waals surface area contributed by atoms with Gasteiger partial charge in [0, 0.05) is 11.8 Å². The Hall–Kier alpha value is -1.17. The van der Waals surface area contributed by atoms with E-state index in [1.807, 2.05) is 0 Å². The normalized spacial score (nSPS) is 58.0. The molecule has 120 valence electrons. The van der Waals surface area contributed by atoms with Gasteiger partial charge in [-0.05, 0) is 41.9 Å². The summed E-state index contributed by atoms with van der Waals surface area (Å²) in [5, 5.41) is 0. The molecule has 8 rings (SSSR count). The second kappa shape index (κ2) is 3.05. The Morgan fingerprint density at radius 3 is 2.04 bits per heavy atom. The molecule has 7 aliphatic rings. The molecule has 5 aliphatic carbocycles. The van der Waals surface area contributed by atoms with Crippen molar-refractivity contribution in [1.82, 2.24) is 0 Å². The highest BCUT2D eigenvalue weighted by Crippen LogP contribution is 2.92. The number of ether oxygens (including phenoxy) is 1. The third-order valence-corrected chi connectivity index (χ3v) is 8.30. The molecule has 5 saturated carbocycles. The zero-order chi connectivity index (χ0) is 15.6. The summed E-state index contributed by atoms with van der Waals surface area (Å²) in [7, 11) is 0. The maximum atomic E-state index is 14.5. The molecular weight excluding hydrogens is 315 g/mol. The van der Waals surface area contributed by atoms with Crippen LogP contribution in [0.1, 0.15) is 12.0 Å². The van der Waals surface area contributed by atoms with Crippen molar-refractivity contribution in [1.29, 1.82) is 0 Å². The molecular formula is C17H11F5O. The van der Waals surface area contributed by atoms with Crippen LogP contribution in [0.3, 0.4) is 0 Å². The average Bonchev–Trinajstić information content (AvgIpc) is 3.16. The summed E-state index contributed by atoms with van der Waals surface area (Å²) >= 11 is 0. The van der Waals surface area contributed by atoms with Gasteiger partial charge in [-0.25, -0.2) is 22.0 Å². The van der Waals surface area contributed by atoms with Gasteiger partial charge in [0.2, 0.25) is 5.82 Å². The lowest BCUT2D eigenvalue weighted by molar-refractivity contribution is -0.0418. The molecule has 2 saturated heterocycles. The quantitative estimate of drug-likeness (QED) is 0.437. The fourth-order valence-corrected chi connectivity index (χ4v) is 8.35. The first-order valence-electron chi connectivity index (χ1n) is 8.20. The molecule has 6 heteroatoms. The van der Waals surface area contributed by atoms with Gasteiger partial charge in [0.15, 0.2) is 23.3 Å². The highest BCUT2D eigenvalue weighted by atomic mass is 19.2. The average molecular weight is 326 g/mol. The second-order valence-corrected chi connectivity index (χ2v) is 8.24. The van der Waals surface area contributed by atoms with Gasteiger partial charge in [-0.2, -0.15) is 0 Å². The van der Waals surface area contributed by atoms with Crippen LogP contribution in [0, 0.1) is 76.4 Å². The van der Waals surface area contributed by atoms with Crippen molar-refractivity contribution in [2.24, 2.45) is 47.3 Å². The van der Waals surface area contributed by atoms with Gasteiger partial charge in [0.25, 0.3) is 0 Å². The number of rotatable bonds is 1. The first kappa shape index (κ1) is 12.2. The van der Waals surface area contributed by atoms with Crippen LogP contribution < -0.4 is 0 Å². The van der Waals surface area contributed by atoms with Crippen molar-refractivity contribution >= 4 is 0 Å². The summed E-state index contributed by atoms with van der Waals surface area (Å²) in [6, 6.07) is 0. The van der Waals surface area contributed by atoms with E-state index >= 15 is 0 Å². The van der Waals surface area contributed by atoms with Crippen molar-refractivity contribution < 1.29 is 26.7 Å². The van der Waals surface area contributed by atoms with Crippen LogP contribution in [-0.2, 0) is 10.3 Å². The van der Waals surface area contributed by atoms with E-state index in [9.17, 15) is 22.0 Å². The van der Waals surface area contributed by atoms with E-state index in [-0.39, 0.29) is 29.8 Å². The molecule has 4 bridgehead atoms. The first-order valence-corrected chi connectivity index (χ1v) is 8.20. The van der Waals surface area contributed by atoms with E-state index in [4.69, 9.17) is 4.74 Å². The minimum Gasteiger partial charge on any atom is -0.366 e. The van der Waals surface area contributed by atoms with Gasteiger partial charge in [-0.15, -0.1) is 0 Å². The summed E-state index contributed by atoms with van der Waals surface area (Å²) in [4.78, 5) is 0. The third-order valence-electron chi connectivity index (χ3n) is 8.30. The van der Waals surface area contributed by atoms with Gasteiger partial charge < -0.3 is 4.74 Å². The molecule has 23 heavy (non-hydrogen) atoms. The summed E-state index contributed by atoms with van der Waals surface area (Å²) in [6.45, 7) is 0. The van der Waals surface area contributed by atoms with E-state index in [0.29, 0.717) is 23.7 Å². The van der Waals surface area contributed by atoms with Crippen molar-refractivity contribution in [2.75, 3.05) is 0 Å². The maximum absolute atomic E-state index is 14.5. The lowest BCUT2D eigenvalue weighted by atomic mass is 9.56. The molecule has 0 spiro atoms. The monoisotopic (exact) mass is 326 g/mol. The van der Waals surface area contributed by atoms with E-state index < -0.39 is 40.3 Å². The molecule has 1 aromatic carbocycles. The SMILES string of the molecule is Fc1c(F)c(F)c(C23OC4C5C6CC(C7C6C4C72)C53)c(F)c1F. The predicted octanol–water partition coefficient (Wildman–Crippen LogP) is 3.36. The van der Waals surface area contributed by atoms with Crippen molar-refractivity contribution in [3.63, 3.8) is 0 Å². The Morgan fingerprint density at radius 2 is 1.35 bits per heavy atom. The van der Waals surface area contributed by atoms with Gasteiger partial charge in [0.1, 0.15) is 5.60 Å². The largest absolute Gasteiger partial charge is 0.366 e. The number of hydrogen-bond acceptors (Lipinski definition) is 1. The Bertz CT molecular complexity index is 800. The third kappa shape index (κ3) is 0.839.